The number of nitrogens with zero attached hydrogens (tertiary/aromatic N) is 1. The zero-order valence-electron chi connectivity index (χ0n) is 23.3. The van der Waals surface area contributed by atoms with Crippen LogP contribution in [0.25, 0.3) is 0 Å². The Hall–Kier alpha value is -0.910. The maximum Gasteiger partial charge on any atom is 0.246 e. The largest absolute Gasteiger partial charge is 0.393 e. The van der Waals surface area contributed by atoms with E-state index in [-0.39, 0.29) is 29.6 Å². The highest BCUT2D eigenvalue weighted by atomic mass is 16.7. The standard InChI is InChI=1S/C31H49NO4/c1-19(6-11-28(34)32-27-18-35-17-26(27)29(2,3)36-32)23-9-10-24-22-8-7-20-16-21(33)12-14-30(20,4)25(22)13-15-31(23,24)5/h7,19,21-27,33H,6,8-18H2,1-5H3/t19-,21+,22+,23-,24+,25+,26+,27-,30+,31-/m1/s1. The summed E-state index contributed by atoms with van der Waals surface area (Å²) in [6.45, 7) is 13.0. The molecule has 0 unspecified atom stereocenters. The molecule has 1 N–H and O–H groups in total. The molecule has 2 heterocycles. The molecule has 4 aliphatic carbocycles. The third-order valence-corrected chi connectivity index (χ3v) is 12.5. The van der Waals surface area contributed by atoms with Crippen LogP contribution in [0, 0.1) is 46.3 Å². The molecule has 0 aromatic rings. The Morgan fingerprint density at radius 3 is 2.69 bits per heavy atom. The highest BCUT2D eigenvalue weighted by Crippen LogP contribution is 2.67. The van der Waals surface area contributed by atoms with Gasteiger partial charge in [0.25, 0.3) is 0 Å². The van der Waals surface area contributed by atoms with Crippen LogP contribution in [-0.4, -0.2) is 47.0 Å². The highest BCUT2D eigenvalue weighted by molar-refractivity contribution is 5.75. The summed E-state index contributed by atoms with van der Waals surface area (Å²) in [5.41, 5.74) is 1.95. The van der Waals surface area contributed by atoms with Crippen molar-refractivity contribution >= 4 is 5.91 Å². The minimum Gasteiger partial charge on any atom is -0.393 e. The van der Waals surface area contributed by atoms with Crippen LogP contribution >= 0.6 is 0 Å². The van der Waals surface area contributed by atoms with Gasteiger partial charge < -0.3 is 9.84 Å². The molecule has 3 saturated carbocycles. The molecule has 0 aromatic heterocycles. The van der Waals surface area contributed by atoms with Crippen molar-refractivity contribution in [3.05, 3.63) is 11.6 Å². The first kappa shape index (κ1) is 25.4. The third kappa shape index (κ3) is 3.77. The van der Waals surface area contributed by atoms with Gasteiger partial charge in [-0.2, -0.15) is 0 Å². The summed E-state index contributed by atoms with van der Waals surface area (Å²) in [6, 6.07) is 0.0815. The SMILES string of the molecule is C[C@H](CCC(=O)N1OC(C)(C)[C@H]2COC[C@H]21)[C@H]1CC[C@H]2[C@@H]3CC=C4C[C@@H](O)CC[C@]4(C)[C@H]3CC[C@]12C. The number of carbonyl (C=O) groups is 1. The van der Waals surface area contributed by atoms with Crippen molar-refractivity contribution < 1.29 is 19.5 Å². The van der Waals surface area contributed by atoms with Gasteiger partial charge in [0, 0.05) is 12.3 Å². The molecule has 0 radical (unpaired) electrons. The van der Waals surface area contributed by atoms with Gasteiger partial charge in [0.1, 0.15) is 0 Å². The number of ether oxygens (including phenoxy) is 1. The van der Waals surface area contributed by atoms with Crippen LogP contribution in [0.4, 0.5) is 0 Å². The van der Waals surface area contributed by atoms with Crippen LogP contribution in [0.2, 0.25) is 0 Å². The van der Waals surface area contributed by atoms with Crippen LogP contribution in [0.15, 0.2) is 11.6 Å². The van der Waals surface area contributed by atoms with Crippen molar-refractivity contribution in [2.75, 3.05) is 13.2 Å². The second-order valence-electron chi connectivity index (χ2n) is 14.5. The lowest BCUT2D eigenvalue weighted by Crippen LogP contribution is -2.50. The number of hydrogen-bond donors (Lipinski definition) is 1. The van der Waals surface area contributed by atoms with Crippen molar-refractivity contribution in [3.63, 3.8) is 0 Å². The topological polar surface area (TPSA) is 59.0 Å². The second kappa shape index (κ2) is 8.81. The number of rotatable bonds is 4. The highest BCUT2D eigenvalue weighted by Gasteiger charge is 2.59. The van der Waals surface area contributed by atoms with E-state index >= 15 is 0 Å². The molecule has 2 aliphatic heterocycles. The summed E-state index contributed by atoms with van der Waals surface area (Å²) in [6.07, 6.45) is 13.5. The van der Waals surface area contributed by atoms with Gasteiger partial charge in [-0.3, -0.25) is 9.63 Å². The van der Waals surface area contributed by atoms with E-state index in [4.69, 9.17) is 9.57 Å². The van der Waals surface area contributed by atoms with Gasteiger partial charge in [-0.05, 0) is 112 Å². The molecule has 202 valence electrons. The molecular formula is C31H49NO4. The smallest absolute Gasteiger partial charge is 0.246 e. The number of carbonyl (C=O) groups excluding carboxylic acids is 1. The molecule has 5 nitrogen and oxygen atoms in total. The Labute approximate surface area is 218 Å². The lowest BCUT2D eigenvalue weighted by atomic mass is 9.47. The predicted octanol–water partition coefficient (Wildman–Crippen LogP) is 5.91. The maximum atomic E-state index is 13.3. The Balaban J connectivity index is 1.11. The first-order chi connectivity index (χ1) is 17.0. The molecule has 0 bridgehead atoms. The van der Waals surface area contributed by atoms with E-state index < -0.39 is 0 Å². The van der Waals surface area contributed by atoms with E-state index in [2.05, 4.69) is 40.7 Å². The van der Waals surface area contributed by atoms with Crippen LogP contribution in [-0.2, 0) is 14.4 Å². The van der Waals surface area contributed by atoms with E-state index in [1.165, 1.54) is 32.1 Å². The van der Waals surface area contributed by atoms with Gasteiger partial charge in [-0.15, -0.1) is 0 Å². The summed E-state index contributed by atoms with van der Waals surface area (Å²) in [5.74, 6) is 4.08. The second-order valence-corrected chi connectivity index (χ2v) is 14.5. The van der Waals surface area contributed by atoms with E-state index in [0.717, 1.165) is 43.4 Å². The van der Waals surface area contributed by atoms with Crippen molar-refractivity contribution in [1.29, 1.82) is 0 Å². The van der Waals surface area contributed by atoms with Crippen LogP contribution < -0.4 is 0 Å². The molecule has 6 aliphatic rings. The summed E-state index contributed by atoms with van der Waals surface area (Å²) in [4.78, 5) is 19.4. The van der Waals surface area contributed by atoms with E-state index in [9.17, 15) is 9.90 Å². The third-order valence-electron chi connectivity index (χ3n) is 12.5. The van der Waals surface area contributed by atoms with Gasteiger partial charge >= 0.3 is 0 Å². The average molecular weight is 500 g/mol. The summed E-state index contributed by atoms with van der Waals surface area (Å²) >= 11 is 0. The molecule has 2 saturated heterocycles. The van der Waals surface area contributed by atoms with Crippen molar-refractivity contribution in [1.82, 2.24) is 5.06 Å². The maximum absolute atomic E-state index is 13.3. The predicted molar refractivity (Wildman–Crippen MR) is 140 cm³/mol. The Kier molecular flexibility index (Phi) is 6.21. The average Bonchev–Trinajstić information content (AvgIpc) is 3.52. The number of hydrogen-bond acceptors (Lipinski definition) is 4. The van der Waals surface area contributed by atoms with Crippen molar-refractivity contribution in [2.24, 2.45) is 46.3 Å². The molecule has 5 heteroatoms. The van der Waals surface area contributed by atoms with Crippen LogP contribution in [0.1, 0.15) is 98.8 Å². The van der Waals surface area contributed by atoms with Crippen LogP contribution in [0.3, 0.4) is 0 Å². The number of fused-ring (bicyclic) bond motifs is 6. The molecular weight excluding hydrogens is 450 g/mol. The number of allylic oxidation sites excluding steroid dienone is 1. The first-order valence-corrected chi connectivity index (χ1v) is 15.0. The normalized spacial score (nSPS) is 48.0. The molecule has 5 fully saturated rings. The van der Waals surface area contributed by atoms with Gasteiger partial charge in [0.2, 0.25) is 5.91 Å². The quantitative estimate of drug-likeness (QED) is 0.489. The molecule has 10 atom stereocenters. The lowest BCUT2D eigenvalue weighted by Gasteiger charge is -2.58. The zero-order chi connectivity index (χ0) is 25.5. The fourth-order valence-electron chi connectivity index (χ4n) is 10.3. The number of aliphatic hydroxyl groups excluding tert-OH is 1. The molecule has 0 aromatic carbocycles. The van der Waals surface area contributed by atoms with E-state index in [1.807, 2.05) is 0 Å². The molecule has 1 amide bonds. The first-order valence-electron chi connectivity index (χ1n) is 15.0. The molecule has 6 rings (SSSR count). The van der Waals surface area contributed by atoms with Crippen LogP contribution in [0.5, 0.6) is 0 Å². The minimum absolute atomic E-state index is 0.0815. The number of hydroxylamine groups is 2. The Morgan fingerprint density at radius 2 is 1.89 bits per heavy atom. The number of amides is 1. The van der Waals surface area contributed by atoms with Gasteiger partial charge in [-0.1, -0.05) is 32.4 Å². The summed E-state index contributed by atoms with van der Waals surface area (Å²) in [7, 11) is 0. The Bertz CT molecular complexity index is 914. The molecule has 0 spiro atoms. The van der Waals surface area contributed by atoms with E-state index in [1.54, 1.807) is 10.6 Å². The zero-order valence-corrected chi connectivity index (χ0v) is 23.3. The fourth-order valence-corrected chi connectivity index (χ4v) is 10.3. The monoisotopic (exact) mass is 499 g/mol. The summed E-state index contributed by atoms with van der Waals surface area (Å²) < 4.78 is 5.71. The fraction of sp³-hybridized carbons (Fsp3) is 0.903. The van der Waals surface area contributed by atoms with Gasteiger partial charge in [0.05, 0.1) is 31.0 Å². The number of aliphatic hydroxyl groups is 1. The summed E-state index contributed by atoms with van der Waals surface area (Å²) in [5, 5.41) is 12.0. The molecule has 36 heavy (non-hydrogen) atoms. The Morgan fingerprint density at radius 1 is 1.08 bits per heavy atom. The van der Waals surface area contributed by atoms with Crippen molar-refractivity contribution in [2.45, 2.75) is 117 Å². The lowest BCUT2D eigenvalue weighted by molar-refractivity contribution is -0.211. The van der Waals surface area contributed by atoms with Crippen molar-refractivity contribution in [3.8, 4) is 0 Å². The van der Waals surface area contributed by atoms with Gasteiger partial charge in [0.15, 0.2) is 0 Å². The van der Waals surface area contributed by atoms with Gasteiger partial charge in [-0.25, -0.2) is 5.06 Å². The minimum atomic E-state index is -0.325. The van der Waals surface area contributed by atoms with E-state index in [0.29, 0.717) is 42.3 Å².